The van der Waals surface area contributed by atoms with Crippen molar-refractivity contribution in [2.75, 3.05) is 5.32 Å². The zero-order chi connectivity index (χ0) is 23.7. The largest absolute Gasteiger partial charge is 0.444 e. The van der Waals surface area contributed by atoms with Gasteiger partial charge in [0.1, 0.15) is 11.6 Å². The van der Waals surface area contributed by atoms with Gasteiger partial charge in [0, 0.05) is 25.4 Å². The molecule has 0 saturated heterocycles. The Labute approximate surface area is 184 Å². The first-order valence-electron chi connectivity index (χ1n) is 10.0. The third kappa shape index (κ3) is 4.32. The van der Waals surface area contributed by atoms with Gasteiger partial charge in [0.25, 0.3) is 17.6 Å². The number of benzene rings is 1. The second-order valence-electron chi connectivity index (χ2n) is 7.72. The summed E-state index contributed by atoms with van der Waals surface area (Å²) in [6.07, 6.45) is 1.49. The van der Waals surface area contributed by atoms with E-state index >= 15 is 0 Å². The molecule has 0 bridgehead atoms. The van der Waals surface area contributed by atoms with Crippen molar-refractivity contribution in [3.8, 4) is 0 Å². The highest BCUT2D eigenvalue weighted by molar-refractivity contribution is 6.43. The number of Topliss-reactive ketones (excluding diaryl/α,β-unsaturated/α-hetero) is 1. The number of nitrogens with one attached hydrogen (secondary N) is 2. The fraction of sp³-hybridized carbons (Fsp3) is 0.304. The Bertz CT molecular complexity index is 1230. The number of aromatic nitrogens is 2. The Kier molecular flexibility index (Phi) is 6.29. The number of halogens is 1. The predicted molar refractivity (Wildman–Crippen MR) is 116 cm³/mol. The van der Waals surface area contributed by atoms with Crippen molar-refractivity contribution < 1.29 is 23.2 Å². The smallest absolute Gasteiger partial charge is 0.294 e. The number of ketones is 1. The molecule has 2 N–H and O–H groups in total. The topological polar surface area (TPSA) is 106 Å². The molecule has 8 nitrogen and oxygen atoms in total. The second-order valence-corrected chi connectivity index (χ2v) is 7.72. The van der Waals surface area contributed by atoms with Crippen LogP contribution in [-0.4, -0.2) is 27.1 Å². The average molecular weight is 440 g/mol. The number of hydrogen-bond acceptors (Lipinski definition) is 5. The first kappa shape index (κ1) is 22.9. The van der Waals surface area contributed by atoms with E-state index in [0.29, 0.717) is 34.2 Å². The Balaban J connectivity index is 1.84. The molecular weight excluding hydrogens is 415 g/mol. The lowest BCUT2D eigenvalue weighted by molar-refractivity contribution is -0.117. The van der Waals surface area contributed by atoms with Gasteiger partial charge >= 0.3 is 0 Å². The molecule has 32 heavy (non-hydrogen) atoms. The summed E-state index contributed by atoms with van der Waals surface area (Å²) in [5.74, 6) is -1.54. The van der Waals surface area contributed by atoms with Gasteiger partial charge in [-0.1, -0.05) is 0 Å². The quantitative estimate of drug-likeness (QED) is 0.449. The monoisotopic (exact) mass is 440 g/mol. The van der Waals surface area contributed by atoms with Crippen molar-refractivity contribution in [3.05, 3.63) is 69.9 Å². The minimum atomic E-state index is -0.823. The Morgan fingerprint density at radius 2 is 1.84 bits per heavy atom. The number of carbonyl (C=O) groups is 3. The fourth-order valence-corrected chi connectivity index (χ4v) is 3.57. The van der Waals surface area contributed by atoms with E-state index in [4.69, 9.17) is 4.42 Å². The van der Waals surface area contributed by atoms with Crippen LogP contribution in [0.3, 0.4) is 0 Å². The van der Waals surface area contributed by atoms with Gasteiger partial charge in [-0.25, -0.2) is 9.37 Å². The van der Waals surface area contributed by atoms with Crippen LogP contribution in [0.2, 0.25) is 0 Å². The lowest BCUT2D eigenvalue weighted by Gasteiger charge is -2.11. The Hall–Kier alpha value is -3.75. The molecule has 1 atom stereocenters. The molecule has 1 aromatic carbocycles. The molecule has 0 aliphatic rings. The summed E-state index contributed by atoms with van der Waals surface area (Å²) >= 11 is 0. The number of rotatable bonds is 6. The molecule has 168 valence electrons. The molecule has 0 fully saturated rings. The van der Waals surface area contributed by atoms with E-state index in [-0.39, 0.29) is 17.1 Å². The molecule has 2 aromatic heterocycles. The van der Waals surface area contributed by atoms with E-state index in [1.54, 1.807) is 41.7 Å². The van der Waals surface area contributed by atoms with Gasteiger partial charge in [-0.05, 0) is 57.0 Å². The van der Waals surface area contributed by atoms with Gasteiger partial charge in [-0.15, -0.1) is 0 Å². The first-order chi connectivity index (χ1) is 15.0. The zero-order valence-electron chi connectivity index (χ0n) is 18.8. The highest BCUT2D eigenvalue weighted by atomic mass is 19.1. The van der Waals surface area contributed by atoms with Crippen LogP contribution in [0.5, 0.6) is 0 Å². The van der Waals surface area contributed by atoms with Gasteiger partial charge in [-0.3, -0.25) is 14.4 Å². The van der Waals surface area contributed by atoms with Crippen LogP contribution in [-0.2, 0) is 11.8 Å². The van der Waals surface area contributed by atoms with Crippen molar-refractivity contribution >= 4 is 23.3 Å². The van der Waals surface area contributed by atoms with E-state index in [1.807, 2.05) is 0 Å². The average Bonchev–Trinajstić information content (AvgIpc) is 3.25. The van der Waals surface area contributed by atoms with E-state index in [9.17, 15) is 18.8 Å². The number of aryl methyl sites for hydroxylation is 2. The number of oxazole rings is 1. The van der Waals surface area contributed by atoms with Crippen molar-refractivity contribution in [1.29, 1.82) is 0 Å². The van der Waals surface area contributed by atoms with Crippen LogP contribution in [0.1, 0.15) is 62.3 Å². The van der Waals surface area contributed by atoms with E-state index in [1.165, 1.54) is 29.0 Å². The standard InChI is InChI=1S/C23H25FN4O4/c1-11-9-16(7-8-17(11)24)27-22(30)19-12(2)20(28(6)14(19)4)21(29)23(31)26-13(3)18-10-25-15(5)32-18/h7-10,13H,1-6H3,(H,26,31)(H,27,30). The zero-order valence-corrected chi connectivity index (χ0v) is 18.8. The van der Waals surface area contributed by atoms with Crippen LogP contribution in [0.25, 0.3) is 0 Å². The number of anilines is 1. The fourth-order valence-electron chi connectivity index (χ4n) is 3.57. The minimum absolute atomic E-state index is 0.112. The van der Waals surface area contributed by atoms with Crippen LogP contribution < -0.4 is 10.6 Å². The van der Waals surface area contributed by atoms with Crippen LogP contribution >= 0.6 is 0 Å². The molecule has 3 rings (SSSR count). The van der Waals surface area contributed by atoms with Crippen LogP contribution in [0.4, 0.5) is 10.1 Å². The summed E-state index contributed by atoms with van der Waals surface area (Å²) in [4.78, 5) is 42.5. The molecule has 2 heterocycles. The van der Waals surface area contributed by atoms with Crippen molar-refractivity contribution in [2.45, 2.75) is 40.7 Å². The van der Waals surface area contributed by atoms with Gasteiger partial charge < -0.3 is 19.6 Å². The lowest BCUT2D eigenvalue weighted by Crippen LogP contribution is -2.34. The highest BCUT2D eigenvalue weighted by Crippen LogP contribution is 2.24. The highest BCUT2D eigenvalue weighted by Gasteiger charge is 2.29. The summed E-state index contributed by atoms with van der Waals surface area (Å²) in [6, 6.07) is 3.69. The third-order valence-electron chi connectivity index (χ3n) is 5.41. The number of nitrogens with zero attached hydrogens (tertiary/aromatic N) is 2. The van der Waals surface area contributed by atoms with Gasteiger partial charge in [0.15, 0.2) is 5.89 Å². The molecule has 9 heteroatoms. The van der Waals surface area contributed by atoms with Crippen molar-refractivity contribution in [1.82, 2.24) is 14.9 Å². The van der Waals surface area contributed by atoms with Gasteiger partial charge in [0.05, 0.1) is 23.5 Å². The number of hydrogen-bond donors (Lipinski definition) is 2. The third-order valence-corrected chi connectivity index (χ3v) is 5.41. The summed E-state index contributed by atoms with van der Waals surface area (Å²) in [5, 5.41) is 5.32. The number of carbonyl (C=O) groups excluding carboxylic acids is 3. The predicted octanol–water partition coefficient (Wildman–Crippen LogP) is 3.70. The van der Waals surface area contributed by atoms with Crippen molar-refractivity contribution in [2.24, 2.45) is 7.05 Å². The lowest BCUT2D eigenvalue weighted by atomic mass is 10.1. The molecule has 3 aromatic rings. The molecule has 1 unspecified atom stereocenters. The molecule has 0 spiro atoms. The Morgan fingerprint density at radius 1 is 1.16 bits per heavy atom. The molecule has 0 saturated carbocycles. The maximum Gasteiger partial charge on any atom is 0.294 e. The molecule has 0 aliphatic heterocycles. The van der Waals surface area contributed by atoms with Crippen LogP contribution in [0.15, 0.2) is 28.8 Å². The minimum Gasteiger partial charge on any atom is -0.444 e. The second kappa shape index (κ2) is 8.78. The van der Waals surface area contributed by atoms with Gasteiger partial charge in [-0.2, -0.15) is 0 Å². The SMILES string of the molecule is Cc1ncc(C(C)NC(=O)C(=O)c2c(C)c(C(=O)Nc3ccc(F)c(C)c3)c(C)n2C)o1. The maximum atomic E-state index is 13.5. The summed E-state index contributed by atoms with van der Waals surface area (Å²) < 4.78 is 20.4. The maximum absolute atomic E-state index is 13.5. The molecule has 0 aliphatic carbocycles. The Morgan fingerprint density at radius 3 is 2.44 bits per heavy atom. The summed E-state index contributed by atoms with van der Waals surface area (Å²) in [5.41, 5.74) is 2.12. The van der Waals surface area contributed by atoms with E-state index < -0.39 is 23.6 Å². The normalized spacial score (nSPS) is 11.8. The van der Waals surface area contributed by atoms with E-state index in [2.05, 4.69) is 15.6 Å². The molecule has 0 radical (unpaired) electrons. The van der Waals surface area contributed by atoms with Gasteiger partial charge in [0.2, 0.25) is 0 Å². The number of amides is 2. The summed E-state index contributed by atoms with van der Waals surface area (Å²) in [7, 11) is 1.62. The van der Waals surface area contributed by atoms with Crippen LogP contribution in [0, 0.1) is 33.5 Å². The molecule has 2 amide bonds. The van der Waals surface area contributed by atoms with Crippen molar-refractivity contribution in [3.63, 3.8) is 0 Å². The molecular formula is C23H25FN4O4. The van der Waals surface area contributed by atoms with E-state index in [0.717, 1.165) is 0 Å². The first-order valence-corrected chi connectivity index (χ1v) is 10.0. The summed E-state index contributed by atoms with van der Waals surface area (Å²) in [6.45, 7) is 8.26.